The zero-order valence-corrected chi connectivity index (χ0v) is 14.3. The minimum Gasteiger partial charge on any atom is -0.331 e. The standard InChI is InChI=1S/C18H28N2O3/c1-3-4-5-6-7-10-16(21)19-13-8-9-15(19)18(23)20-14(2)11-12-17(20)22/h11-12,14-15H,3-10,13H2,1-2H3/t14-,15?/m1/s1. The van der Waals surface area contributed by atoms with E-state index in [1.807, 2.05) is 6.92 Å². The van der Waals surface area contributed by atoms with Gasteiger partial charge in [-0.1, -0.05) is 38.7 Å². The smallest absolute Gasteiger partial charge is 0.253 e. The Morgan fingerprint density at radius 1 is 1.22 bits per heavy atom. The van der Waals surface area contributed by atoms with Crippen molar-refractivity contribution in [3.63, 3.8) is 0 Å². The van der Waals surface area contributed by atoms with Crippen LogP contribution in [-0.2, 0) is 14.4 Å². The number of amides is 3. The number of nitrogens with zero attached hydrogens (tertiary/aromatic N) is 2. The topological polar surface area (TPSA) is 57.7 Å². The predicted octanol–water partition coefficient (Wildman–Crippen LogP) is 2.65. The van der Waals surface area contributed by atoms with E-state index in [-0.39, 0.29) is 23.8 Å². The van der Waals surface area contributed by atoms with Gasteiger partial charge in [-0.05, 0) is 26.2 Å². The maximum Gasteiger partial charge on any atom is 0.253 e. The number of imide groups is 1. The lowest BCUT2D eigenvalue weighted by atomic mass is 10.1. The molecule has 23 heavy (non-hydrogen) atoms. The summed E-state index contributed by atoms with van der Waals surface area (Å²) in [6, 6.07) is -0.661. The first-order chi connectivity index (χ1) is 11.1. The first kappa shape index (κ1) is 17.7. The van der Waals surface area contributed by atoms with Crippen LogP contribution in [0.1, 0.15) is 65.2 Å². The van der Waals surface area contributed by atoms with Crippen molar-refractivity contribution in [2.45, 2.75) is 77.3 Å². The quantitative estimate of drug-likeness (QED) is 0.535. The lowest BCUT2D eigenvalue weighted by Gasteiger charge is -2.29. The van der Waals surface area contributed by atoms with E-state index in [1.54, 1.807) is 11.0 Å². The molecule has 0 saturated carbocycles. The molecule has 128 valence electrons. The number of likely N-dealkylation sites (tertiary alicyclic amines) is 1. The molecule has 2 atom stereocenters. The summed E-state index contributed by atoms with van der Waals surface area (Å²) < 4.78 is 0. The van der Waals surface area contributed by atoms with Gasteiger partial charge < -0.3 is 4.90 Å². The molecule has 1 saturated heterocycles. The third-order valence-corrected chi connectivity index (χ3v) is 4.75. The SMILES string of the molecule is CCCCCCCC(=O)N1CCCC1C(=O)N1C(=O)C=C[C@H]1C. The molecule has 0 aliphatic carbocycles. The summed E-state index contributed by atoms with van der Waals surface area (Å²) in [4.78, 5) is 39.9. The number of carbonyl (C=O) groups excluding carboxylic acids is 3. The molecule has 1 fully saturated rings. The van der Waals surface area contributed by atoms with Crippen LogP contribution in [-0.4, -0.2) is 46.1 Å². The molecule has 2 rings (SSSR count). The van der Waals surface area contributed by atoms with Crippen LogP contribution in [0.15, 0.2) is 12.2 Å². The predicted molar refractivity (Wildman–Crippen MR) is 88.6 cm³/mol. The van der Waals surface area contributed by atoms with Gasteiger partial charge in [-0.2, -0.15) is 0 Å². The molecule has 0 radical (unpaired) electrons. The molecule has 2 aliphatic rings. The normalized spacial score (nSPS) is 23.8. The molecule has 5 nitrogen and oxygen atoms in total. The minimum absolute atomic E-state index is 0.0598. The van der Waals surface area contributed by atoms with Crippen molar-refractivity contribution < 1.29 is 14.4 Å². The number of unbranched alkanes of at least 4 members (excludes halogenated alkanes) is 4. The van der Waals surface area contributed by atoms with E-state index < -0.39 is 6.04 Å². The summed E-state index contributed by atoms with van der Waals surface area (Å²) in [5.41, 5.74) is 0. The van der Waals surface area contributed by atoms with Crippen molar-refractivity contribution in [3.05, 3.63) is 12.2 Å². The van der Waals surface area contributed by atoms with E-state index in [4.69, 9.17) is 0 Å². The van der Waals surface area contributed by atoms with E-state index in [0.717, 1.165) is 25.7 Å². The average Bonchev–Trinajstić information content (AvgIpc) is 3.13. The van der Waals surface area contributed by atoms with Crippen molar-refractivity contribution >= 4 is 17.7 Å². The maximum absolute atomic E-state index is 12.7. The molecule has 2 heterocycles. The van der Waals surface area contributed by atoms with Gasteiger partial charge in [0.1, 0.15) is 6.04 Å². The van der Waals surface area contributed by atoms with E-state index in [9.17, 15) is 14.4 Å². The molecule has 0 spiro atoms. The lowest BCUT2D eigenvalue weighted by molar-refractivity contribution is -0.149. The van der Waals surface area contributed by atoms with Crippen LogP contribution in [0, 0.1) is 0 Å². The third kappa shape index (κ3) is 4.21. The number of hydrogen-bond acceptors (Lipinski definition) is 3. The third-order valence-electron chi connectivity index (χ3n) is 4.75. The van der Waals surface area contributed by atoms with Crippen LogP contribution < -0.4 is 0 Å². The Morgan fingerprint density at radius 2 is 1.96 bits per heavy atom. The fourth-order valence-corrected chi connectivity index (χ4v) is 3.40. The fraction of sp³-hybridized carbons (Fsp3) is 0.722. The van der Waals surface area contributed by atoms with Crippen LogP contribution in [0.25, 0.3) is 0 Å². The van der Waals surface area contributed by atoms with E-state index in [0.29, 0.717) is 19.4 Å². The highest BCUT2D eigenvalue weighted by Gasteiger charge is 2.40. The molecular formula is C18H28N2O3. The van der Waals surface area contributed by atoms with Gasteiger partial charge in [0.2, 0.25) is 5.91 Å². The Labute approximate surface area is 138 Å². The highest BCUT2D eigenvalue weighted by Crippen LogP contribution is 2.24. The van der Waals surface area contributed by atoms with E-state index in [1.165, 1.54) is 23.8 Å². The number of rotatable bonds is 7. The van der Waals surface area contributed by atoms with Crippen LogP contribution >= 0.6 is 0 Å². The maximum atomic E-state index is 12.7. The summed E-state index contributed by atoms with van der Waals surface area (Å²) in [6.45, 7) is 4.63. The summed E-state index contributed by atoms with van der Waals surface area (Å²) >= 11 is 0. The zero-order chi connectivity index (χ0) is 16.8. The van der Waals surface area contributed by atoms with Crippen molar-refractivity contribution in [1.29, 1.82) is 0 Å². The fourth-order valence-electron chi connectivity index (χ4n) is 3.40. The first-order valence-electron chi connectivity index (χ1n) is 8.91. The van der Waals surface area contributed by atoms with Crippen LogP contribution in [0.2, 0.25) is 0 Å². The largest absolute Gasteiger partial charge is 0.331 e. The first-order valence-corrected chi connectivity index (χ1v) is 8.91. The summed E-state index contributed by atoms with van der Waals surface area (Å²) in [6.07, 6.45) is 10.7. The van der Waals surface area contributed by atoms with E-state index >= 15 is 0 Å². The molecule has 0 N–H and O–H groups in total. The Kier molecular flexibility index (Phi) is 6.37. The molecule has 1 unspecified atom stereocenters. The number of carbonyl (C=O) groups is 3. The van der Waals surface area contributed by atoms with Gasteiger partial charge >= 0.3 is 0 Å². The molecule has 0 aromatic carbocycles. The van der Waals surface area contributed by atoms with Gasteiger partial charge in [0.05, 0.1) is 6.04 Å². The van der Waals surface area contributed by atoms with Crippen LogP contribution in [0.3, 0.4) is 0 Å². The molecule has 0 bridgehead atoms. The monoisotopic (exact) mass is 320 g/mol. The van der Waals surface area contributed by atoms with Crippen molar-refractivity contribution in [1.82, 2.24) is 9.80 Å². The summed E-state index contributed by atoms with van der Waals surface area (Å²) in [5, 5.41) is 0. The molecule has 0 aromatic rings. The second-order valence-corrected chi connectivity index (χ2v) is 6.56. The zero-order valence-electron chi connectivity index (χ0n) is 14.3. The van der Waals surface area contributed by atoms with Crippen molar-refractivity contribution in [2.75, 3.05) is 6.54 Å². The molecular weight excluding hydrogens is 292 g/mol. The second-order valence-electron chi connectivity index (χ2n) is 6.56. The average molecular weight is 320 g/mol. The Balaban J connectivity index is 1.88. The van der Waals surface area contributed by atoms with Crippen molar-refractivity contribution in [2.24, 2.45) is 0 Å². The Bertz CT molecular complexity index is 487. The summed E-state index contributed by atoms with van der Waals surface area (Å²) in [5.74, 6) is -0.421. The minimum atomic E-state index is -0.454. The Hall–Kier alpha value is -1.65. The molecule has 0 aromatic heterocycles. The summed E-state index contributed by atoms with van der Waals surface area (Å²) in [7, 11) is 0. The number of hydrogen-bond donors (Lipinski definition) is 0. The van der Waals surface area contributed by atoms with Crippen LogP contribution in [0.5, 0.6) is 0 Å². The molecule has 3 amide bonds. The highest BCUT2D eigenvalue weighted by molar-refractivity contribution is 6.06. The van der Waals surface area contributed by atoms with Gasteiger partial charge in [-0.15, -0.1) is 0 Å². The van der Waals surface area contributed by atoms with E-state index in [2.05, 4.69) is 6.92 Å². The van der Waals surface area contributed by atoms with Crippen LogP contribution in [0.4, 0.5) is 0 Å². The molecule has 5 heteroatoms. The Morgan fingerprint density at radius 3 is 2.61 bits per heavy atom. The molecule has 2 aliphatic heterocycles. The van der Waals surface area contributed by atoms with Gasteiger partial charge in [0.25, 0.3) is 11.8 Å². The van der Waals surface area contributed by atoms with Crippen molar-refractivity contribution in [3.8, 4) is 0 Å². The van der Waals surface area contributed by atoms with Gasteiger partial charge in [-0.3, -0.25) is 19.3 Å². The lowest BCUT2D eigenvalue weighted by Crippen LogP contribution is -2.50. The van der Waals surface area contributed by atoms with Gasteiger partial charge in [-0.25, -0.2) is 0 Å². The highest BCUT2D eigenvalue weighted by atomic mass is 16.2. The van der Waals surface area contributed by atoms with Gasteiger partial charge in [0.15, 0.2) is 0 Å². The van der Waals surface area contributed by atoms with Gasteiger partial charge in [0, 0.05) is 19.0 Å². The second kappa shape index (κ2) is 8.27.